The predicted octanol–water partition coefficient (Wildman–Crippen LogP) is 0.554. The van der Waals surface area contributed by atoms with Crippen LogP contribution in [0.2, 0.25) is 0 Å². The van der Waals surface area contributed by atoms with Gasteiger partial charge in [-0.25, -0.2) is 0 Å². The fraction of sp³-hybridized carbons (Fsp3) is 0.455. The molecular formula is C11H16BNO. The van der Waals surface area contributed by atoms with Crippen LogP contribution in [0.1, 0.15) is 12.8 Å². The zero-order valence-electron chi connectivity index (χ0n) is 8.92. The van der Waals surface area contributed by atoms with Gasteiger partial charge in [0.05, 0.1) is 7.11 Å². The van der Waals surface area contributed by atoms with Gasteiger partial charge in [-0.05, 0) is 25.0 Å². The van der Waals surface area contributed by atoms with Crippen molar-refractivity contribution in [3.63, 3.8) is 0 Å². The van der Waals surface area contributed by atoms with Crippen LogP contribution in [0, 0.1) is 0 Å². The highest BCUT2D eigenvalue weighted by atomic mass is 16.5. The summed E-state index contributed by atoms with van der Waals surface area (Å²) < 4.78 is 5.27. The third-order valence-corrected chi connectivity index (χ3v) is 2.74. The summed E-state index contributed by atoms with van der Waals surface area (Å²) in [4.78, 5) is 2.43. The van der Waals surface area contributed by atoms with Crippen LogP contribution in [0.25, 0.3) is 0 Å². The fourth-order valence-electron chi connectivity index (χ4n) is 2.00. The van der Waals surface area contributed by atoms with Gasteiger partial charge in [-0.2, -0.15) is 0 Å². The summed E-state index contributed by atoms with van der Waals surface area (Å²) in [6.45, 7) is 2.37. The van der Waals surface area contributed by atoms with Gasteiger partial charge in [-0.15, -0.1) is 0 Å². The zero-order chi connectivity index (χ0) is 9.97. The molecule has 14 heavy (non-hydrogen) atoms. The fourth-order valence-corrected chi connectivity index (χ4v) is 2.00. The molecule has 0 atom stereocenters. The molecule has 1 aliphatic rings. The lowest BCUT2D eigenvalue weighted by Crippen LogP contribution is -2.19. The van der Waals surface area contributed by atoms with Gasteiger partial charge in [0.15, 0.2) is 0 Å². The summed E-state index contributed by atoms with van der Waals surface area (Å²) in [7, 11) is 3.84. The highest BCUT2D eigenvalue weighted by Gasteiger charge is 2.12. The minimum Gasteiger partial charge on any atom is -0.497 e. The van der Waals surface area contributed by atoms with E-state index in [1.807, 2.05) is 0 Å². The van der Waals surface area contributed by atoms with Crippen LogP contribution in [0.5, 0.6) is 5.75 Å². The molecule has 0 saturated carbocycles. The largest absolute Gasteiger partial charge is 0.497 e. The molecule has 0 aliphatic carbocycles. The highest BCUT2D eigenvalue weighted by Crippen LogP contribution is 2.22. The molecule has 0 aromatic heterocycles. The lowest BCUT2D eigenvalue weighted by Gasteiger charge is -2.19. The molecule has 0 bridgehead atoms. The number of hydrogen-bond acceptors (Lipinski definition) is 2. The van der Waals surface area contributed by atoms with Gasteiger partial charge in [-0.1, -0.05) is 5.46 Å². The van der Waals surface area contributed by atoms with Crippen LogP contribution in [0.4, 0.5) is 5.69 Å². The number of anilines is 1. The Morgan fingerprint density at radius 2 is 1.93 bits per heavy atom. The molecule has 0 spiro atoms. The maximum absolute atomic E-state index is 5.27. The topological polar surface area (TPSA) is 12.5 Å². The Balaban J connectivity index is 2.27. The SMILES string of the molecule is Bc1cc(OC)cc(N2CCCC2)c1. The smallest absolute Gasteiger partial charge is 0.139 e. The lowest BCUT2D eigenvalue weighted by molar-refractivity contribution is 0.415. The average Bonchev–Trinajstić information content (AvgIpc) is 2.69. The first-order valence-electron chi connectivity index (χ1n) is 5.20. The van der Waals surface area contributed by atoms with Crippen molar-refractivity contribution in [3.8, 4) is 5.75 Å². The van der Waals surface area contributed by atoms with Crippen molar-refractivity contribution in [3.05, 3.63) is 18.2 Å². The van der Waals surface area contributed by atoms with Gasteiger partial charge in [0.1, 0.15) is 13.6 Å². The molecule has 2 nitrogen and oxygen atoms in total. The number of benzene rings is 1. The highest BCUT2D eigenvalue weighted by molar-refractivity contribution is 6.32. The van der Waals surface area contributed by atoms with E-state index in [-0.39, 0.29) is 0 Å². The maximum Gasteiger partial charge on any atom is 0.139 e. The molecule has 74 valence electrons. The second-order valence-corrected chi connectivity index (χ2v) is 3.90. The van der Waals surface area contributed by atoms with E-state index in [0.717, 1.165) is 5.75 Å². The van der Waals surface area contributed by atoms with Crippen LogP contribution in [0.3, 0.4) is 0 Å². The molecule has 1 aromatic rings. The maximum atomic E-state index is 5.27. The molecule has 1 aromatic carbocycles. The molecule has 0 radical (unpaired) electrons. The van der Waals surface area contributed by atoms with Crippen LogP contribution in [0.15, 0.2) is 18.2 Å². The minimum absolute atomic E-state index is 0.965. The van der Waals surface area contributed by atoms with Crippen molar-refractivity contribution < 1.29 is 4.74 Å². The van der Waals surface area contributed by atoms with Gasteiger partial charge in [-0.3, -0.25) is 0 Å². The van der Waals surface area contributed by atoms with E-state index in [4.69, 9.17) is 4.74 Å². The van der Waals surface area contributed by atoms with Crippen LogP contribution >= 0.6 is 0 Å². The van der Waals surface area contributed by atoms with Crippen molar-refractivity contribution in [2.24, 2.45) is 0 Å². The van der Waals surface area contributed by atoms with Crippen molar-refractivity contribution >= 4 is 19.0 Å². The van der Waals surface area contributed by atoms with Crippen LogP contribution in [-0.2, 0) is 0 Å². The Bertz CT molecular complexity index is 321. The molecule has 3 heteroatoms. The Hall–Kier alpha value is -1.12. The van der Waals surface area contributed by atoms with E-state index in [9.17, 15) is 0 Å². The normalized spacial score (nSPS) is 15.9. The standard InChI is InChI=1S/C11H16BNO/c1-14-11-7-9(12)6-10(8-11)13-4-2-3-5-13/h6-8H,2-5,12H2,1H3. The molecule has 1 fully saturated rings. The minimum atomic E-state index is 0.965. The van der Waals surface area contributed by atoms with Gasteiger partial charge < -0.3 is 9.64 Å². The molecule has 0 amide bonds. The van der Waals surface area contributed by atoms with E-state index >= 15 is 0 Å². The first-order chi connectivity index (χ1) is 6.79. The third kappa shape index (κ3) is 1.86. The van der Waals surface area contributed by atoms with Crippen molar-refractivity contribution in [2.75, 3.05) is 25.1 Å². The Kier molecular flexibility index (Phi) is 2.66. The number of methoxy groups -OCH3 is 1. The summed E-state index contributed by atoms with van der Waals surface area (Å²) in [6.07, 6.45) is 2.63. The summed E-state index contributed by atoms with van der Waals surface area (Å²) >= 11 is 0. The number of nitrogens with zero attached hydrogens (tertiary/aromatic N) is 1. The van der Waals surface area contributed by atoms with Crippen molar-refractivity contribution in [2.45, 2.75) is 12.8 Å². The third-order valence-electron chi connectivity index (χ3n) is 2.74. The predicted molar refractivity (Wildman–Crippen MR) is 62.6 cm³/mol. The number of hydrogen-bond donors (Lipinski definition) is 0. The quantitative estimate of drug-likeness (QED) is 0.630. The van der Waals surface area contributed by atoms with Crippen LogP contribution in [-0.4, -0.2) is 28.0 Å². The molecule has 1 heterocycles. The summed E-state index contributed by atoms with van der Waals surface area (Å²) in [6, 6.07) is 6.42. The van der Waals surface area contributed by atoms with E-state index in [0.29, 0.717) is 0 Å². The second kappa shape index (κ2) is 3.95. The first-order valence-corrected chi connectivity index (χ1v) is 5.20. The number of rotatable bonds is 2. The van der Waals surface area contributed by atoms with Gasteiger partial charge in [0.2, 0.25) is 0 Å². The molecule has 0 unspecified atom stereocenters. The molecule has 2 rings (SSSR count). The molecule has 1 aliphatic heterocycles. The van der Waals surface area contributed by atoms with Crippen molar-refractivity contribution in [1.82, 2.24) is 0 Å². The monoisotopic (exact) mass is 189 g/mol. The Labute approximate surface area is 86.3 Å². The summed E-state index contributed by atoms with van der Waals surface area (Å²) in [5, 5.41) is 0. The van der Waals surface area contributed by atoms with Gasteiger partial charge >= 0.3 is 0 Å². The van der Waals surface area contributed by atoms with Crippen molar-refractivity contribution in [1.29, 1.82) is 0 Å². The Morgan fingerprint density at radius 3 is 2.57 bits per heavy atom. The summed E-state index contributed by atoms with van der Waals surface area (Å²) in [5.74, 6) is 0.965. The average molecular weight is 189 g/mol. The van der Waals surface area contributed by atoms with Crippen LogP contribution < -0.4 is 15.1 Å². The number of ether oxygens (including phenoxy) is 1. The van der Waals surface area contributed by atoms with E-state index in [1.54, 1.807) is 7.11 Å². The van der Waals surface area contributed by atoms with Gasteiger partial charge in [0.25, 0.3) is 0 Å². The molecule has 0 N–H and O–H groups in total. The Morgan fingerprint density at radius 1 is 1.21 bits per heavy atom. The summed E-state index contributed by atoms with van der Waals surface area (Å²) in [5.41, 5.74) is 2.57. The molecule has 1 saturated heterocycles. The zero-order valence-corrected chi connectivity index (χ0v) is 8.92. The second-order valence-electron chi connectivity index (χ2n) is 3.90. The lowest BCUT2D eigenvalue weighted by atomic mass is 9.95. The van der Waals surface area contributed by atoms with E-state index in [1.165, 1.54) is 37.1 Å². The van der Waals surface area contributed by atoms with Gasteiger partial charge in [0, 0.05) is 24.8 Å². The molecular weight excluding hydrogens is 173 g/mol. The van der Waals surface area contributed by atoms with E-state index < -0.39 is 0 Å². The first kappa shape index (κ1) is 9.44. The van der Waals surface area contributed by atoms with E-state index in [2.05, 4.69) is 30.9 Å².